The topological polar surface area (TPSA) is 24.9 Å². The van der Waals surface area contributed by atoms with Crippen molar-refractivity contribution in [3.8, 4) is 0 Å². The number of aryl methyl sites for hydroxylation is 2. The average molecular weight is 284 g/mol. The Morgan fingerprint density at radius 2 is 2.05 bits per heavy atom. The molecule has 1 N–H and O–H groups in total. The molecule has 2 nitrogen and oxygen atoms in total. The van der Waals surface area contributed by atoms with Gasteiger partial charge in [0.2, 0.25) is 0 Å². The molecular weight excluding hydrogens is 265 g/mol. The van der Waals surface area contributed by atoms with Gasteiger partial charge in [-0.3, -0.25) is 4.98 Å². The van der Waals surface area contributed by atoms with Gasteiger partial charge in [0.25, 0.3) is 0 Å². The van der Waals surface area contributed by atoms with E-state index in [-0.39, 0.29) is 0 Å². The minimum absolute atomic E-state index is 0.439. The number of rotatable bonds is 3. The molecule has 1 aromatic heterocycles. The molecule has 2 heterocycles. The van der Waals surface area contributed by atoms with Gasteiger partial charge in [0.15, 0.2) is 0 Å². The number of nitrogens with zero attached hydrogens (tertiary/aromatic N) is 1. The van der Waals surface area contributed by atoms with Crippen LogP contribution in [0.15, 0.2) is 12.1 Å². The van der Waals surface area contributed by atoms with E-state index in [2.05, 4.69) is 10.3 Å². The number of piperidine rings is 1. The normalized spacial score (nSPS) is 29.1. The third-order valence-electron chi connectivity index (χ3n) is 4.41. The van der Waals surface area contributed by atoms with Crippen molar-refractivity contribution in [3.05, 3.63) is 29.1 Å². The summed E-state index contributed by atoms with van der Waals surface area (Å²) in [6.07, 6.45) is -0.309. The van der Waals surface area contributed by atoms with Crippen LogP contribution < -0.4 is 5.32 Å². The van der Waals surface area contributed by atoms with Crippen molar-refractivity contribution < 1.29 is 13.2 Å². The number of hydrogen-bond donors (Lipinski definition) is 1. The smallest absolute Gasteiger partial charge is 0.314 e. The van der Waals surface area contributed by atoms with E-state index in [4.69, 9.17) is 0 Å². The van der Waals surface area contributed by atoms with Gasteiger partial charge in [0.1, 0.15) is 0 Å². The van der Waals surface area contributed by atoms with Gasteiger partial charge in [-0.05, 0) is 63.1 Å². The second-order valence-corrected chi connectivity index (χ2v) is 6.12. The number of aromatic nitrogens is 1. The van der Waals surface area contributed by atoms with E-state index in [0.717, 1.165) is 30.9 Å². The van der Waals surface area contributed by atoms with Crippen molar-refractivity contribution in [1.82, 2.24) is 10.3 Å². The molecule has 20 heavy (non-hydrogen) atoms. The Kier molecular flexibility index (Phi) is 3.48. The van der Waals surface area contributed by atoms with E-state index < -0.39 is 11.7 Å². The lowest BCUT2D eigenvalue weighted by atomic mass is 9.99. The molecule has 110 valence electrons. The Balaban J connectivity index is 1.63. The predicted molar refractivity (Wildman–Crippen MR) is 70.3 cm³/mol. The molecule has 0 aromatic carbocycles. The summed E-state index contributed by atoms with van der Waals surface area (Å²) >= 11 is 0. The lowest BCUT2D eigenvalue weighted by Crippen LogP contribution is -2.35. The first-order valence-electron chi connectivity index (χ1n) is 7.20. The molecule has 1 saturated carbocycles. The standard InChI is InChI=1S/C15H19F3N2/c1-9-4-12(15(16,17)18)7-14(20-9)3-2-13-6-10-5-11(10)8-19-13/h4,7,10-11,13,19H,2-3,5-6,8H2,1H3/t10-,11+,13-/m1/s1. The van der Waals surface area contributed by atoms with Crippen molar-refractivity contribution >= 4 is 0 Å². The summed E-state index contributed by atoms with van der Waals surface area (Å²) < 4.78 is 38.3. The zero-order valence-corrected chi connectivity index (χ0v) is 11.5. The van der Waals surface area contributed by atoms with Crippen LogP contribution in [0.25, 0.3) is 0 Å². The minimum atomic E-state index is -4.28. The third kappa shape index (κ3) is 3.14. The second kappa shape index (κ2) is 5.02. The summed E-state index contributed by atoms with van der Waals surface area (Å²) in [4.78, 5) is 4.23. The summed E-state index contributed by atoms with van der Waals surface area (Å²) in [7, 11) is 0. The zero-order valence-electron chi connectivity index (χ0n) is 11.5. The molecule has 0 radical (unpaired) electrons. The van der Waals surface area contributed by atoms with Crippen LogP contribution in [0.5, 0.6) is 0 Å². The van der Waals surface area contributed by atoms with Gasteiger partial charge in [-0.15, -0.1) is 0 Å². The molecular formula is C15H19F3N2. The van der Waals surface area contributed by atoms with E-state index in [1.165, 1.54) is 18.9 Å². The molecule has 2 fully saturated rings. The van der Waals surface area contributed by atoms with Gasteiger partial charge in [0, 0.05) is 17.4 Å². The molecule has 3 atom stereocenters. The van der Waals surface area contributed by atoms with Crippen molar-refractivity contribution in [2.24, 2.45) is 11.8 Å². The Hall–Kier alpha value is -1.10. The molecule has 1 aliphatic carbocycles. The van der Waals surface area contributed by atoms with Gasteiger partial charge < -0.3 is 5.32 Å². The summed E-state index contributed by atoms with van der Waals surface area (Å²) in [5.41, 5.74) is 0.407. The molecule has 0 unspecified atom stereocenters. The third-order valence-corrected chi connectivity index (χ3v) is 4.41. The first-order chi connectivity index (χ1) is 9.41. The van der Waals surface area contributed by atoms with Crippen LogP contribution in [0, 0.1) is 18.8 Å². The second-order valence-electron chi connectivity index (χ2n) is 6.12. The average Bonchev–Trinajstić information content (AvgIpc) is 3.13. The lowest BCUT2D eigenvalue weighted by molar-refractivity contribution is -0.137. The molecule has 0 spiro atoms. The molecule has 2 aliphatic rings. The zero-order chi connectivity index (χ0) is 14.3. The number of nitrogens with one attached hydrogen (secondary N) is 1. The van der Waals surface area contributed by atoms with E-state index in [0.29, 0.717) is 23.9 Å². The van der Waals surface area contributed by atoms with Crippen LogP contribution >= 0.6 is 0 Å². The SMILES string of the molecule is Cc1cc(C(F)(F)F)cc(CC[C@@H]2C[C@H]3C[C@H]3CN2)n1. The Labute approximate surface area is 116 Å². The van der Waals surface area contributed by atoms with Gasteiger partial charge in [-0.2, -0.15) is 13.2 Å². The highest BCUT2D eigenvalue weighted by Crippen LogP contribution is 2.44. The predicted octanol–water partition coefficient (Wildman–Crippen LogP) is 3.34. The maximum absolute atomic E-state index is 12.8. The highest BCUT2D eigenvalue weighted by Gasteiger charge is 2.41. The van der Waals surface area contributed by atoms with Crippen molar-refractivity contribution in [2.75, 3.05) is 6.54 Å². The van der Waals surface area contributed by atoms with Crippen LogP contribution in [-0.2, 0) is 12.6 Å². The Morgan fingerprint density at radius 3 is 2.75 bits per heavy atom. The Bertz CT molecular complexity index is 498. The first-order valence-corrected chi connectivity index (χ1v) is 7.20. The maximum atomic E-state index is 12.8. The fraction of sp³-hybridized carbons (Fsp3) is 0.667. The monoisotopic (exact) mass is 284 g/mol. The molecule has 1 aliphatic heterocycles. The first kappa shape index (κ1) is 13.9. The quantitative estimate of drug-likeness (QED) is 0.921. The van der Waals surface area contributed by atoms with Crippen LogP contribution in [0.2, 0.25) is 0 Å². The molecule has 1 aromatic rings. The highest BCUT2D eigenvalue weighted by atomic mass is 19.4. The summed E-state index contributed by atoms with van der Waals surface area (Å²) in [5, 5.41) is 3.49. The molecule has 0 bridgehead atoms. The largest absolute Gasteiger partial charge is 0.416 e. The van der Waals surface area contributed by atoms with Gasteiger partial charge in [0.05, 0.1) is 5.56 Å². The summed E-state index contributed by atoms with van der Waals surface area (Å²) in [6, 6.07) is 2.74. The van der Waals surface area contributed by atoms with Gasteiger partial charge in [-0.25, -0.2) is 0 Å². The maximum Gasteiger partial charge on any atom is 0.416 e. The molecule has 3 rings (SSSR count). The summed E-state index contributed by atoms with van der Waals surface area (Å²) in [6.45, 7) is 2.69. The van der Waals surface area contributed by atoms with Crippen molar-refractivity contribution in [2.45, 2.75) is 44.8 Å². The minimum Gasteiger partial charge on any atom is -0.314 e. The Morgan fingerprint density at radius 1 is 1.25 bits per heavy atom. The molecule has 0 amide bonds. The fourth-order valence-electron chi connectivity index (χ4n) is 3.19. The van der Waals surface area contributed by atoms with Crippen LogP contribution in [0.3, 0.4) is 0 Å². The van der Waals surface area contributed by atoms with Gasteiger partial charge >= 0.3 is 6.18 Å². The number of halogens is 3. The van der Waals surface area contributed by atoms with Crippen molar-refractivity contribution in [1.29, 1.82) is 0 Å². The van der Waals surface area contributed by atoms with E-state index in [1.807, 2.05) is 0 Å². The van der Waals surface area contributed by atoms with E-state index >= 15 is 0 Å². The van der Waals surface area contributed by atoms with Gasteiger partial charge in [-0.1, -0.05) is 0 Å². The molecule has 5 heteroatoms. The highest BCUT2D eigenvalue weighted by molar-refractivity contribution is 5.23. The lowest BCUT2D eigenvalue weighted by Gasteiger charge is -2.23. The molecule has 1 saturated heterocycles. The number of hydrogen-bond acceptors (Lipinski definition) is 2. The number of alkyl halides is 3. The van der Waals surface area contributed by atoms with Crippen LogP contribution in [0.4, 0.5) is 13.2 Å². The van der Waals surface area contributed by atoms with Crippen molar-refractivity contribution in [3.63, 3.8) is 0 Å². The van der Waals surface area contributed by atoms with E-state index in [1.54, 1.807) is 6.92 Å². The fourth-order valence-corrected chi connectivity index (χ4v) is 3.19. The summed E-state index contributed by atoms with van der Waals surface area (Å²) in [5.74, 6) is 1.72. The van der Waals surface area contributed by atoms with Crippen LogP contribution in [0.1, 0.15) is 36.2 Å². The van der Waals surface area contributed by atoms with Crippen LogP contribution in [-0.4, -0.2) is 17.6 Å². The number of pyridine rings is 1. The van der Waals surface area contributed by atoms with E-state index in [9.17, 15) is 13.2 Å². The number of fused-ring (bicyclic) bond motifs is 1.